The van der Waals surface area contributed by atoms with Gasteiger partial charge in [0.1, 0.15) is 0 Å². The number of aryl methyl sites for hydroxylation is 1. The summed E-state index contributed by atoms with van der Waals surface area (Å²) in [6, 6.07) is 9.33. The molecule has 2 rings (SSSR count). The number of rotatable bonds is 2. The molecule has 0 N–H and O–H groups in total. The standard InChI is InChI=1S/C14H8Br4O/c1-7-4-13(18)10(6-12(7)17)14(19)9-5-8(15)2-3-11(9)16/h2-6H,1H3. The van der Waals surface area contributed by atoms with Crippen LogP contribution in [0.3, 0.4) is 0 Å². The van der Waals surface area contributed by atoms with Crippen LogP contribution in [0.1, 0.15) is 21.5 Å². The molecule has 1 nitrogen and oxygen atoms in total. The first-order valence-corrected chi connectivity index (χ1v) is 8.52. The van der Waals surface area contributed by atoms with Crippen molar-refractivity contribution in [3.63, 3.8) is 0 Å². The molecule has 0 bridgehead atoms. The second kappa shape index (κ2) is 6.20. The summed E-state index contributed by atoms with van der Waals surface area (Å²) in [6.07, 6.45) is 0. The Morgan fingerprint density at radius 2 is 1.47 bits per heavy atom. The highest BCUT2D eigenvalue weighted by molar-refractivity contribution is 9.11. The van der Waals surface area contributed by atoms with E-state index < -0.39 is 0 Å². The Bertz CT molecular complexity index is 665. The van der Waals surface area contributed by atoms with Crippen LogP contribution in [0.2, 0.25) is 0 Å². The first kappa shape index (κ1) is 15.4. The molecule has 2 aromatic carbocycles. The van der Waals surface area contributed by atoms with E-state index in [1.165, 1.54) is 0 Å². The lowest BCUT2D eigenvalue weighted by molar-refractivity contribution is 0.103. The molecule has 0 aromatic heterocycles. The molecule has 0 radical (unpaired) electrons. The molecule has 0 saturated heterocycles. The van der Waals surface area contributed by atoms with Crippen molar-refractivity contribution in [2.45, 2.75) is 6.92 Å². The second-order valence-corrected chi connectivity index (χ2v) is 7.51. The van der Waals surface area contributed by atoms with Crippen LogP contribution in [-0.4, -0.2) is 5.78 Å². The van der Waals surface area contributed by atoms with Crippen LogP contribution >= 0.6 is 63.7 Å². The van der Waals surface area contributed by atoms with E-state index in [1.54, 1.807) is 0 Å². The summed E-state index contributed by atoms with van der Waals surface area (Å²) in [7, 11) is 0. The zero-order chi connectivity index (χ0) is 14.2. The number of halogens is 4. The van der Waals surface area contributed by atoms with Gasteiger partial charge in [0.25, 0.3) is 0 Å². The molecule has 98 valence electrons. The Hall–Kier alpha value is 0.0300. The molecule has 0 saturated carbocycles. The van der Waals surface area contributed by atoms with E-state index in [9.17, 15) is 4.79 Å². The molecule has 0 unspecified atom stereocenters. The van der Waals surface area contributed by atoms with E-state index >= 15 is 0 Å². The first-order valence-electron chi connectivity index (χ1n) is 5.35. The van der Waals surface area contributed by atoms with Crippen LogP contribution in [-0.2, 0) is 0 Å². The number of benzene rings is 2. The predicted molar refractivity (Wildman–Crippen MR) is 91.9 cm³/mol. The average molecular weight is 512 g/mol. The van der Waals surface area contributed by atoms with Gasteiger partial charge in [-0.25, -0.2) is 0 Å². The van der Waals surface area contributed by atoms with Gasteiger partial charge in [0.05, 0.1) is 0 Å². The Labute approximate surface area is 145 Å². The van der Waals surface area contributed by atoms with Crippen LogP contribution in [0.25, 0.3) is 0 Å². The van der Waals surface area contributed by atoms with E-state index in [1.807, 2.05) is 37.3 Å². The lowest BCUT2D eigenvalue weighted by Gasteiger charge is -2.09. The molecule has 19 heavy (non-hydrogen) atoms. The van der Waals surface area contributed by atoms with Gasteiger partial charge >= 0.3 is 0 Å². The fourth-order valence-corrected chi connectivity index (χ4v) is 3.41. The third kappa shape index (κ3) is 3.38. The van der Waals surface area contributed by atoms with Crippen molar-refractivity contribution in [3.8, 4) is 0 Å². The van der Waals surface area contributed by atoms with Gasteiger partial charge < -0.3 is 0 Å². The van der Waals surface area contributed by atoms with Crippen LogP contribution < -0.4 is 0 Å². The molecule has 0 spiro atoms. The lowest BCUT2D eigenvalue weighted by atomic mass is 10.0. The van der Waals surface area contributed by atoms with Crippen molar-refractivity contribution in [2.75, 3.05) is 0 Å². The molecule has 0 aliphatic carbocycles. The summed E-state index contributed by atoms with van der Waals surface area (Å²) in [5.74, 6) is -0.0271. The SMILES string of the molecule is Cc1cc(Br)c(C(=O)c2cc(Br)ccc2Br)cc1Br. The van der Waals surface area contributed by atoms with Gasteiger partial charge in [0.15, 0.2) is 5.78 Å². The molecule has 0 fully saturated rings. The monoisotopic (exact) mass is 508 g/mol. The van der Waals surface area contributed by atoms with Gasteiger partial charge in [0.2, 0.25) is 0 Å². The number of ketones is 1. The summed E-state index contributed by atoms with van der Waals surface area (Å²) >= 11 is 13.7. The van der Waals surface area contributed by atoms with Gasteiger partial charge in [0, 0.05) is 29.0 Å². The van der Waals surface area contributed by atoms with Crippen molar-refractivity contribution < 1.29 is 4.79 Å². The average Bonchev–Trinajstić information content (AvgIpc) is 2.36. The lowest BCUT2D eigenvalue weighted by Crippen LogP contribution is -2.04. The largest absolute Gasteiger partial charge is 0.289 e. The number of hydrogen-bond acceptors (Lipinski definition) is 1. The van der Waals surface area contributed by atoms with Crippen molar-refractivity contribution >= 4 is 69.5 Å². The Balaban J connectivity index is 2.56. The normalized spacial score (nSPS) is 10.6. The highest BCUT2D eigenvalue weighted by Gasteiger charge is 2.17. The van der Waals surface area contributed by atoms with Gasteiger partial charge in [-0.3, -0.25) is 4.79 Å². The van der Waals surface area contributed by atoms with Gasteiger partial charge in [-0.2, -0.15) is 0 Å². The Kier molecular flexibility index (Phi) is 5.04. The van der Waals surface area contributed by atoms with Crippen LogP contribution in [0.5, 0.6) is 0 Å². The van der Waals surface area contributed by atoms with Crippen LogP contribution in [0.4, 0.5) is 0 Å². The van der Waals surface area contributed by atoms with E-state index in [0.29, 0.717) is 11.1 Å². The molecule has 0 aliphatic rings. The zero-order valence-corrected chi connectivity index (χ0v) is 16.2. The van der Waals surface area contributed by atoms with Gasteiger partial charge in [-0.1, -0.05) is 63.7 Å². The maximum atomic E-state index is 12.6. The molecule has 0 heterocycles. The fourth-order valence-electron chi connectivity index (χ4n) is 1.64. The molecule has 0 amide bonds. The van der Waals surface area contributed by atoms with Crippen molar-refractivity contribution in [3.05, 3.63) is 64.9 Å². The number of hydrogen-bond donors (Lipinski definition) is 0. The van der Waals surface area contributed by atoms with Crippen molar-refractivity contribution in [1.82, 2.24) is 0 Å². The first-order chi connectivity index (χ1) is 8.90. The Morgan fingerprint density at radius 3 is 2.16 bits per heavy atom. The number of carbonyl (C=O) groups is 1. The second-order valence-electron chi connectivity index (χ2n) is 4.03. The maximum Gasteiger partial charge on any atom is 0.195 e. The third-order valence-corrected chi connectivity index (χ3v) is 5.36. The minimum Gasteiger partial charge on any atom is -0.289 e. The van der Waals surface area contributed by atoms with Gasteiger partial charge in [-0.15, -0.1) is 0 Å². The van der Waals surface area contributed by atoms with E-state index in [0.717, 1.165) is 23.5 Å². The quantitative estimate of drug-likeness (QED) is 0.434. The molecular weight excluding hydrogens is 504 g/mol. The van der Waals surface area contributed by atoms with E-state index in [2.05, 4.69) is 63.7 Å². The molecule has 2 aromatic rings. The maximum absolute atomic E-state index is 12.6. The summed E-state index contributed by atoms with van der Waals surface area (Å²) in [5, 5.41) is 0. The van der Waals surface area contributed by atoms with Crippen molar-refractivity contribution in [1.29, 1.82) is 0 Å². The predicted octanol–water partition coefficient (Wildman–Crippen LogP) is 6.28. The van der Waals surface area contributed by atoms with E-state index in [4.69, 9.17) is 0 Å². The van der Waals surface area contributed by atoms with Crippen molar-refractivity contribution in [2.24, 2.45) is 0 Å². The topological polar surface area (TPSA) is 17.1 Å². The summed E-state index contributed by atoms with van der Waals surface area (Å²) in [6.45, 7) is 1.98. The molecular formula is C14H8Br4O. The summed E-state index contributed by atoms with van der Waals surface area (Å²) < 4.78 is 3.38. The summed E-state index contributed by atoms with van der Waals surface area (Å²) in [4.78, 5) is 12.6. The van der Waals surface area contributed by atoms with E-state index in [-0.39, 0.29) is 5.78 Å². The van der Waals surface area contributed by atoms with Crippen LogP contribution in [0.15, 0.2) is 48.2 Å². The fraction of sp³-hybridized carbons (Fsp3) is 0.0714. The minimum absolute atomic E-state index is 0.0271. The third-order valence-electron chi connectivity index (χ3n) is 2.67. The summed E-state index contributed by atoms with van der Waals surface area (Å²) in [5.41, 5.74) is 2.35. The van der Waals surface area contributed by atoms with Gasteiger partial charge in [-0.05, 0) is 42.8 Å². The zero-order valence-electron chi connectivity index (χ0n) is 9.81. The molecule has 5 heteroatoms. The minimum atomic E-state index is -0.0271. The number of carbonyl (C=O) groups excluding carboxylic acids is 1. The van der Waals surface area contributed by atoms with Crippen LogP contribution in [0, 0.1) is 6.92 Å². The Morgan fingerprint density at radius 1 is 0.842 bits per heavy atom. The molecule has 0 atom stereocenters. The highest BCUT2D eigenvalue weighted by atomic mass is 79.9. The highest BCUT2D eigenvalue weighted by Crippen LogP contribution is 2.30. The molecule has 0 aliphatic heterocycles. The smallest absolute Gasteiger partial charge is 0.195 e.